The van der Waals surface area contributed by atoms with Gasteiger partial charge in [-0.05, 0) is 35.3 Å². The first-order valence-electron chi connectivity index (χ1n) is 6.73. The molecule has 3 N–H and O–H groups in total. The van der Waals surface area contributed by atoms with Crippen molar-refractivity contribution in [2.45, 2.75) is 45.1 Å². The van der Waals surface area contributed by atoms with Crippen LogP contribution in [0.25, 0.3) is 0 Å². The number of hydrazine groups is 1. The fraction of sp³-hybridized carbons (Fsp3) is 0.533. The number of amides is 1. The van der Waals surface area contributed by atoms with Crippen molar-refractivity contribution < 1.29 is 9.90 Å². The van der Waals surface area contributed by atoms with Gasteiger partial charge in [-0.2, -0.15) is 0 Å². The Bertz CT molecular complexity index is 444. The molecule has 4 nitrogen and oxygen atoms in total. The average Bonchev–Trinajstić information content (AvgIpc) is 3.13. The Morgan fingerprint density at radius 2 is 1.84 bits per heavy atom. The molecule has 1 aromatic rings. The Morgan fingerprint density at radius 1 is 1.26 bits per heavy atom. The van der Waals surface area contributed by atoms with E-state index in [1.54, 1.807) is 0 Å². The van der Waals surface area contributed by atoms with Gasteiger partial charge in [0.1, 0.15) is 0 Å². The van der Waals surface area contributed by atoms with Crippen LogP contribution in [0.5, 0.6) is 0 Å². The lowest BCUT2D eigenvalue weighted by molar-refractivity contribution is 0.185. The minimum absolute atomic E-state index is 0.0742. The van der Waals surface area contributed by atoms with Crippen molar-refractivity contribution in [3.05, 3.63) is 35.4 Å². The van der Waals surface area contributed by atoms with Gasteiger partial charge in [0.05, 0.1) is 6.04 Å². The smallest absolute Gasteiger partial charge is 0.419 e. The number of carbonyl (C=O) groups is 1. The molecule has 1 amide bonds. The highest BCUT2D eigenvalue weighted by atomic mass is 16.4. The van der Waals surface area contributed by atoms with Crippen LogP contribution in [0.4, 0.5) is 4.79 Å². The third-order valence-electron chi connectivity index (χ3n) is 3.56. The molecule has 0 spiro atoms. The molecule has 0 radical (unpaired) electrons. The lowest BCUT2D eigenvalue weighted by Gasteiger charge is -2.22. The lowest BCUT2D eigenvalue weighted by Crippen LogP contribution is -2.39. The summed E-state index contributed by atoms with van der Waals surface area (Å²) in [7, 11) is 0. The van der Waals surface area contributed by atoms with E-state index in [9.17, 15) is 4.79 Å². The SMILES string of the molecule is CC(C)(C)c1ccc(C(NNC(=O)O)C2CC2)cc1. The first-order chi connectivity index (χ1) is 8.88. The minimum atomic E-state index is -1.04. The normalized spacial score (nSPS) is 17.0. The Morgan fingerprint density at radius 3 is 2.26 bits per heavy atom. The molecule has 104 valence electrons. The summed E-state index contributed by atoms with van der Waals surface area (Å²) >= 11 is 0. The standard InChI is InChI=1S/C15H22N2O2/c1-15(2,3)12-8-6-11(7-9-12)13(10-4-5-10)16-17-14(18)19/h6-10,13,16-17H,4-5H2,1-3H3,(H,18,19). The number of carboxylic acid groups (broad SMARTS) is 1. The highest BCUT2D eigenvalue weighted by Gasteiger charge is 2.32. The number of hydrogen-bond acceptors (Lipinski definition) is 2. The minimum Gasteiger partial charge on any atom is -0.464 e. The molecule has 1 unspecified atom stereocenters. The van der Waals surface area contributed by atoms with Gasteiger partial charge in [-0.3, -0.25) is 5.43 Å². The van der Waals surface area contributed by atoms with Crippen LogP contribution in [0, 0.1) is 5.92 Å². The predicted octanol–water partition coefficient (Wildman–Crippen LogP) is 3.21. The largest absolute Gasteiger partial charge is 0.464 e. The molecule has 1 saturated carbocycles. The molecular formula is C15H22N2O2. The van der Waals surface area contributed by atoms with E-state index in [1.807, 2.05) is 0 Å². The molecule has 0 heterocycles. The van der Waals surface area contributed by atoms with E-state index in [0.717, 1.165) is 18.4 Å². The molecule has 0 aromatic heterocycles. The van der Waals surface area contributed by atoms with Gasteiger partial charge in [0, 0.05) is 0 Å². The van der Waals surface area contributed by atoms with E-state index in [4.69, 9.17) is 5.11 Å². The van der Waals surface area contributed by atoms with E-state index in [0.29, 0.717) is 5.92 Å². The molecular weight excluding hydrogens is 240 g/mol. The summed E-state index contributed by atoms with van der Waals surface area (Å²) in [6.45, 7) is 6.56. The summed E-state index contributed by atoms with van der Waals surface area (Å²) in [5.41, 5.74) is 7.75. The Hall–Kier alpha value is -1.55. The molecule has 1 aliphatic carbocycles. The predicted molar refractivity (Wildman–Crippen MR) is 74.9 cm³/mol. The Labute approximate surface area is 114 Å². The van der Waals surface area contributed by atoms with Gasteiger partial charge in [0.15, 0.2) is 0 Å². The van der Waals surface area contributed by atoms with E-state index in [-0.39, 0.29) is 11.5 Å². The summed E-state index contributed by atoms with van der Waals surface area (Å²) in [5, 5.41) is 8.69. The molecule has 0 bridgehead atoms. The number of rotatable bonds is 4. The van der Waals surface area contributed by atoms with E-state index in [2.05, 4.69) is 55.9 Å². The molecule has 1 aromatic carbocycles. The zero-order valence-electron chi connectivity index (χ0n) is 11.7. The van der Waals surface area contributed by atoms with Gasteiger partial charge in [-0.15, -0.1) is 0 Å². The van der Waals surface area contributed by atoms with Crippen molar-refractivity contribution >= 4 is 6.09 Å². The van der Waals surface area contributed by atoms with Crippen LogP contribution in [0.1, 0.15) is 50.8 Å². The highest BCUT2D eigenvalue weighted by molar-refractivity contribution is 5.63. The zero-order valence-corrected chi connectivity index (χ0v) is 11.7. The van der Waals surface area contributed by atoms with Crippen LogP contribution >= 0.6 is 0 Å². The summed E-state index contributed by atoms with van der Waals surface area (Å²) < 4.78 is 0. The maximum atomic E-state index is 10.6. The fourth-order valence-electron chi connectivity index (χ4n) is 2.23. The fourth-order valence-corrected chi connectivity index (χ4v) is 2.23. The molecule has 2 rings (SSSR count). The Balaban J connectivity index is 2.11. The summed E-state index contributed by atoms with van der Waals surface area (Å²) in [6, 6.07) is 8.53. The Kier molecular flexibility index (Phi) is 3.80. The van der Waals surface area contributed by atoms with Gasteiger partial charge in [0.2, 0.25) is 0 Å². The number of nitrogens with one attached hydrogen (secondary N) is 2. The maximum absolute atomic E-state index is 10.6. The molecule has 1 atom stereocenters. The molecule has 19 heavy (non-hydrogen) atoms. The third kappa shape index (κ3) is 3.70. The average molecular weight is 262 g/mol. The number of hydrogen-bond donors (Lipinski definition) is 3. The van der Waals surface area contributed by atoms with Crippen molar-refractivity contribution in [1.82, 2.24) is 10.9 Å². The second-order valence-corrected chi connectivity index (χ2v) is 6.26. The zero-order chi connectivity index (χ0) is 14.0. The second-order valence-electron chi connectivity index (χ2n) is 6.26. The highest BCUT2D eigenvalue weighted by Crippen LogP contribution is 2.41. The van der Waals surface area contributed by atoms with E-state index < -0.39 is 6.09 Å². The van der Waals surface area contributed by atoms with E-state index >= 15 is 0 Å². The quantitative estimate of drug-likeness (QED) is 0.730. The lowest BCUT2D eigenvalue weighted by atomic mass is 9.86. The van der Waals surface area contributed by atoms with Crippen LogP contribution in [-0.2, 0) is 5.41 Å². The third-order valence-corrected chi connectivity index (χ3v) is 3.56. The van der Waals surface area contributed by atoms with Gasteiger partial charge in [-0.25, -0.2) is 10.2 Å². The second kappa shape index (κ2) is 5.21. The summed E-state index contributed by atoms with van der Waals surface area (Å²) in [6.07, 6.45) is 1.26. The molecule has 0 aliphatic heterocycles. The van der Waals surface area contributed by atoms with Gasteiger partial charge < -0.3 is 5.11 Å². The van der Waals surface area contributed by atoms with Crippen LogP contribution in [0.3, 0.4) is 0 Å². The molecule has 1 fully saturated rings. The van der Waals surface area contributed by atoms with Crippen molar-refractivity contribution in [1.29, 1.82) is 0 Å². The van der Waals surface area contributed by atoms with Gasteiger partial charge >= 0.3 is 6.09 Å². The molecule has 1 aliphatic rings. The van der Waals surface area contributed by atoms with Crippen LogP contribution < -0.4 is 10.9 Å². The summed E-state index contributed by atoms with van der Waals surface area (Å²) in [5.74, 6) is 0.535. The van der Waals surface area contributed by atoms with Crippen molar-refractivity contribution in [2.24, 2.45) is 5.92 Å². The maximum Gasteiger partial charge on any atom is 0.419 e. The molecule has 0 saturated heterocycles. The van der Waals surface area contributed by atoms with Crippen molar-refractivity contribution in [3.8, 4) is 0 Å². The topological polar surface area (TPSA) is 61.4 Å². The first kappa shape index (κ1) is 13.9. The van der Waals surface area contributed by atoms with Gasteiger partial charge in [0.25, 0.3) is 0 Å². The van der Waals surface area contributed by atoms with Crippen LogP contribution in [0.15, 0.2) is 24.3 Å². The summed E-state index contributed by atoms with van der Waals surface area (Å²) in [4.78, 5) is 10.6. The van der Waals surface area contributed by atoms with Crippen molar-refractivity contribution in [2.75, 3.05) is 0 Å². The van der Waals surface area contributed by atoms with E-state index in [1.165, 1.54) is 5.56 Å². The first-order valence-corrected chi connectivity index (χ1v) is 6.73. The number of benzene rings is 1. The van der Waals surface area contributed by atoms with Crippen molar-refractivity contribution in [3.63, 3.8) is 0 Å². The monoisotopic (exact) mass is 262 g/mol. The molecule has 4 heteroatoms. The van der Waals surface area contributed by atoms with Crippen LogP contribution in [0.2, 0.25) is 0 Å². The van der Waals surface area contributed by atoms with Gasteiger partial charge in [-0.1, -0.05) is 45.0 Å². The van der Waals surface area contributed by atoms with Crippen LogP contribution in [-0.4, -0.2) is 11.2 Å².